The van der Waals surface area contributed by atoms with Gasteiger partial charge in [-0.2, -0.15) is 5.26 Å². The normalized spacial score (nSPS) is 25.2. The van der Waals surface area contributed by atoms with Crippen molar-refractivity contribution >= 4 is 11.8 Å². The molecule has 2 aliphatic carbocycles. The zero-order chi connectivity index (χ0) is 19.3. The maximum Gasteiger partial charge on any atom is 0.334 e. The van der Waals surface area contributed by atoms with Crippen molar-refractivity contribution in [2.75, 3.05) is 0 Å². The molecule has 0 saturated heterocycles. The highest BCUT2D eigenvalue weighted by Gasteiger charge is 2.60. The predicted molar refractivity (Wildman–Crippen MR) is 101 cm³/mol. The van der Waals surface area contributed by atoms with Gasteiger partial charge in [0, 0.05) is 42.3 Å². The van der Waals surface area contributed by atoms with Gasteiger partial charge < -0.3 is 9.30 Å². The van der Waals surface area contributed by atoms with Gasteiger partial charge >= 0.3 is 5.97 Å². The number of carbonyl (C=O) groups is 2. The first kappa shape index (κ1) is 17.0. The van der Waals surface area contributed by atoms with Gasteiger partial charge in [0.15, 0.2) is 5.78 Å². The van der Waals surface area contributed by atoms with Crippen LogP contribution >= 0.6 is 0 Å². The van der Waals surface area contributed by atoms with Gasteiger partial charge in [0.2, 0.25) is 0 Å². The number of nitrogens with zero attached hydrogens (tertiary/aromatic N) is 2. The van der Waals surface area contributed by atoms with Crippen molar-refractivity contribution in [3.05, 3.63) is 71.1 Å². The smallest absolute Gasteiger partial charge is 0.334 e. The summed E-state index contributed by atoms with van der Waals surface area (Å²) in [6, 6.07) is 15.8. The average Bonchev–Trinajstić information content (AvgIpc) is 3.24. The molecule has 0 N–H and O–H groups in total. The van der Waals surface area contributed by atoms with Crippen LogP contribution in [0, 0.1) is 22.7 Å². The van der Waals surface area contributed by atoms with Gasteiger partial charge in [-0.1, -0.05) is 30.3 Å². The van der Waals surface area contributed by atoms with Crippen LogP contribution in [0.1, 0.15) is 36.4 Å². The third-order valence-corrected chi connectivity index (χ3v) is 6.23. The Bertz CT molecular complexity index is 1040. The van der Waals surface area contributed by atoms with Gasteiger partial charge in [0.05, 0.1) is 6.07 Å². The number of ketones is 1. The fraction of sp³-hybridized carbons (Fsp3) is 0.348. The molecule has 1 aromatic carbocycles. The minimum absolute atomic E-state index is 0.00184. The zero-order valence-corrected chi connectivity index (χ0v) is 15.4. The minimum atomic E-state index is -1.18. The quantitative estimate of drug-likeness (QED) is 0.753. The van der Waals surface area contributed by atoms with E-state index in [2.05, 4.69) is 6.07 Å². The Kier molecular flexibility index (Phi) is 3.77. The first-order valence-corrected chi connectivity index (χ1v) is 9.67. The van der Waals surface area contributed by atoms with Crippen LogP contribution in [0.5, 0.6) is 0 Å². The number of allylic oxidation sites excluding steroid dienone is 1. The van der Waals surface area contributed by atoms with Gasteiger partial charge in [0.1, 0.15) is 12.0 Å². The molecule has 0 bridgehead atoms. The molecule has 5 rings (SSSR count). The van der Waals surface area contributed by atoms with E-state index in [1.54, 1.807) is 0 Å². The SMILES string of the molecule is N#CC1(C(=O)C2CC2)CC(C(=O)OCc2ccccc2)=C2Cn3cccc3C21. The second kappa shape index (κ2) is 6.20. The topological polar surface area (TPSA) is 72.1 Å². The Hall–Kier alpha value is -3.13. The van der Waals surface area contributed by atoms with Crippen molar-refractivity contribution in [3.63, 3.8) is 0 Å². The highest BCUT2D eigenvalue weighted by molar-refractivity contribution is 5.99. The second-order valence-electron chi connectivity index (χ2n) is 7.96. The minimum Gasteiger partial charge on any atom is -0.457 e. The van der Waals surface area contributed by atoms with E-state index in [0.29, 0.717) is 12.1 Å². The van der Waals surface area contributed by atoms with E-state index >= 15 is 0 Å². The van der Waals surface area contributed by atoms with E-state index in [-0.39, 0.29) is 30.6 Å². The summed E-state index contributed by atoms with van der Waals surface area (Å²) in [5, 5.41) is 10.1. The number of hydrogen-bond acceptors (Lipinski definition) is 4. The molecule has 28 heavy (non-hydrogen) atoms. The van der Waals surface area contributed by atoms with E-state index in [4.69, 9.17) is 4.74 Å². The Balaban J connectivity index is 1.48. The number of hydrogen-bond donors (Lipinski definition) is 0. The molecule has 5 nitrogen and oxygen atoms in total. The maximum absolute atomic E-state index is 13.2. The van der Waals surface area contributed by atoms with Crippen LogP contribution in [0.25, 0.3) is 0 Å². The summed E-state index contributed by atoms with van der Waals surface area (Å²) >= 11 is 0. The lowest BCUT2D eigenvalue weighted by Crippen LogP contribution is -2.34. The summed E-state index contributed by atoms with van der Waals surface area (Å²) in [7, 11) is 0. The molecule has 2 unspecified atom stereocenters. The lowest BCUT2D eigenvalue weighted by atomic mass is 9.71. The number of nitriles is 1. The zero-order valence-electron chi connectivity index (χ0n) is 15.4. The molecule has 1 aromatic heterocycles. The van der Waals surface area contributed by atoms with Crippen molar-refractivity contribution in [3.8, 4) is 6.07 Å². The molecule has 3 aliphatic rings. The molecule has 0 amide bonds. The average molecular weight is 372 g/mol. The Morgan fingerprint density at radius 2 is 1.96 bits per heavy atom. The largest absolute Gasteiger partial charge is 0.457 e. The second-order valence-corrected chi connectivity index (χ2v) is 7.96. The lowest BCUT2D eigenvalue weighted by molar-refractivity contribution is -0.140. The fourth-order valence-electron chi connectivity index (χ4n) is 4.71. The highest BCUT2D eigenvalue weighted by Crippen LogP contribution is 2.59. The molecule has 0 spiro atoms. The first-order valence-electron chi connectivity index (χ1n) is 9.67. The molecule has 1 saturated carbocycles. The molecule has 140 valence electrons. The summed E-state index contributed by atoms with van der Waals surface area (Å²) in [5.74, 6) is -0.780. The first-order chi connectivity index (χ1) is 13.6. The molecule has 5 heteroatoms. The molecule has 2 atom stereocenters. The monoisotopic (exact) mass is 372 g/mol. The van der Waals surface area contributed by atoms with Crippen LogP contribution in [-0.2, 0) is 27.5 Å². The summed E-state index contributed by atoms with van der Waals surface area (Å²) in [6.45, 7) is 0.730. The molecule has 2 heterocycles. The fourth-order valence-corrected chi connectivity index (χ4v) is 4.71. The summed E-state index contributed by atoms with van der Waals surface area (Å²) in [6.07, 6.45) is 3.80. The van der Waals surface area contributed by atoms with Crippen LogP contribution in [0.15, 0.2) is 59.8 Å². The number of Topliss-reactive ketones (excluding diaryl/α,β-unsaturated/α-hetero) is 1. The molecule has 1 fully saturated rings. The molecule has 2 aromatic rings. The Morgan fingerprint density at radius 3 is 2.68 bits per heavy atom. The summed E-state index contributed by atoms with van der Waals surface area (Å²) in [4.78, 5) is 26.1. The van der Waals surface area contributed by atoms with Crippen molar-refractivity contribution < 1.29 is 14.3 Å². The molecule has 0 radical (unpaired) electrons. The standard InChI is InChI=1S/C23H20N2O3/c24-14-23(21(26)16-8-9-16)11-17(18-12-25-10-4-7-19(25)20(18)23)22(27)28-13-15-5-2-1-3-6-15/h1-7,10,16,20H,8-9,11-13H2. The summed E-state index contributed by atoms with van der Waals surface area (Å²) in [5.41, 5.74) is 2.08. The molecule has 1 aliphatic heterocycles. The van der Waals surface area contributed by atoms with Crippen LogP contribution < -0.4 is 0 Å². The van der Waals surface area contributed by atoms with Crippen molar-refractivity contribution in [1.29, 1.82) is 5.26 Å². The Labute approximate surface area is 163 Å². The van der Waals surface area contributed by atoms with Crippen molar-refractivity contribution in [2.45, 2.75) is 38.3 Å². The third kappa shape index (κ3) is 2.45. The maximum atomic E-state index is 13.2. The number of fused-ring (bicyclic) bond motifs is 3. The predicted octanol–water partition coefficient (Wildman–Crippen LogP) is 3.52. The van der Waals surface area contributed by atoms with E-state index in [1.165, 1.54) is 0 Å². The lowest BCUT2D eigenvalue weighted by Gasteiger charge is -2.26. The van der Waals surface area contributed by atoms with Crippen LogP contribution in [0.2, 0.25) is 0 Å². The Morgan fingerprint density at radius 1 is 1.18 bits per heavy atom. The number of benzene rings is 1. The molecular formula is C23H20N2O3. The van der Waals surface area contributed by atoms with E-state index in [0.717, 1.165) is 29.7 Å². The highest BCUT2D eigenvalue weighted by atomic mass is 16.5. The van der Waals surface area contributed by atoms with Crippen molar-refractivity contribution in [2.24, 2.45) is 11.3 Å². The van der Waals surface area contributed by atoms with Gasteiger partial charge in [-0.15, -0.1) is 0 Å². The van der Waals surface area contributed by atoms with Gasteiger partial charge in [-0.25, -0.2) is 4.79 Å². The summed E-state index contributed by atoms with van der Waals surface area (Å²) < 4.78 is 7.60. The number of rotatable bonds is 5. The van der Waals surface area contributed by atoms with Crippen molar-refractivity contribution in [1.82, 2.24) is 4.57 Å². The number of aromatic nitrogens is 1. The third-order valence-electron chi connectivity index (χ3n) is 6.23. The van der Waals surface area contributed by atoms with Crippen LogP contribution in [0.4, 0.5) is 0 Å². The van der Waals surface area contributed by atoms with Gasteiger partial charge in [0.25, 0.3) is 0 Å². The van der Waals surface area contributed by atoms with Gasteiger partial charge in [-0.3, -0.25) is 4.79 Å². The van der Waals surface area contributed by atoms with Crippen LogP contribution in [-0.4, -0.2) is 16.3 Å². The molecular weight excluding hydrogens is 352 g/mol. The number of ether oxygens (including phenoxy) is 1. The van der Waals surface area contributed by atoms with E-state index < -0.39 is 11.4 Å². The number of esters is 1. The van der Waals surface area contributed by atoms with Gasteiger partial charge in [-0.05, 0) is 36.1 Å². The van der Waals surface area contributed by atoms with E-state index in [9.17, 15) is 14.9 Å². The van der Waals surface area contributed by atoms with E-state index in [1.807, 2.05) is 53.2 Å². The van der Waals surface area contributed by atoms with Crippen LogP contribution in [0.3, 0.4) is 0 Å². The number of carbonyl (C=O) groups excluding carboxylic acids is 2.